The molecule has 1 unspecified atom stereocenters. The van der Waals surface area contributed by atoms with Crippen molar-refractivity contribution in [1.82, 2.24) is 9.84 Å². The minimum atomic E-state index is -2.64. The van der Waals surface area contributed by atoms with Crippen molar-refractivity contribution in [2.45, 2.75) is 23.9 Å². The van der Waals surface area contributed by atoms with E-state index in [9.17, 15) is 13.6 Å². The number of rotatable bonds is 4. The molecule has 116 valence electrons. The fraction of sp³-hybridized carbons (Fsp3) is 0.417. The van der Waals surface area contributed by atoms with E-state index in [-0.39, 0.29) is 5.92 Å². The van der Waals surface area contributed by atoms with Gasteiger partial charge in [0.1, 0.15) is 12.0 Å². The maximum absolute atomic E-state index is 13.3. The molecule has 1 fully saturated rings. The minimum Gasteiger partial charge on any atom is -0.275 e. The Hall–Kier alpha value is -0.760. The number of alkyl halides is 3. The van der Waals surface area contributed by atoms with Gasteiger partial charge in [0.15, 0.2) is 0 Å². The molecule has 0 spiro atoms. The quantitative estimate of drug-likeness (QED) is 0.647. The second-order valence-electron chi connectivity index (χ2n) is 4.78. The number of halogens is 4. The van der Waals surface area contributed by atoms with E-state index in [0.717, 1.165) is 4.41 Å². The summed E-state index contributed by atoms with van der Waals surface area (Å²) in [7, 11) is 0. The van der Waals surface area contributed by atoms with Crippen molar-refractivity contribution in [2.75, 3.05) is 4.90 Å². The second-order valence-corrected chi connectivity index (χ2v) is 7.57. The number of nitrogens with zero attached hydrogens (tertiary/aromatic N) is 2. The Labute approximate surface area is 135 Å². The van der Waals surface area contributed by atoms with Crippen molar-refractivity contribution in [1.29, 1.82) is 0 Å². The number of urea groups is 1. The van der Waals surface area contributed by atoms with Gasteiger partial charge in [0.05, 0.1) is 0 Å². The van der Waals surface area contributed by atoms with Crippen LogP contribution in [0.1, 0.15) is 13.8 Å². The normalized spacial score (nSPS) is 19.8. The lowest BCUT2D eigenvalue weighted by Crippen LogP contribution is -2.41. The molecule has 0 aromatic heterocycles. The number of hydrogen-bond donors (Lipinski definition) is 1. The first-order valence-electron chi connectivity index (χ1n) is 6.10. The fourth-order valence-corrected chi connectivity index (χ4v) is 2.89. The zero-order valence-corrected chi connectivity index (χ0v) is 13.5. The second kappa shape index (κ2) is 6.16. The molecule has 1 aliphatic rings. The van der Waals surface area contributed by atoms with Gasteiger partial charge < -0.3 is 0 Å². The van der Waals surface area contributed by atoms with Crippen LogP contribution in [-0.2, 0) is 0 Å². The Morgan fingerprint density at radius 1 is 1.33 bits per heavy atom. The van der Waals surface area contributed by atoms with Crippen LogP contribution in [0.4, 0.5) is 19.3 Å². The largest absolute Gasteiger partial charge is 0.350 e. The zero-order valence-electron chi connectivity index (χ0n) is 11.2. The number of nitrogens with one attached hydrogen (secondary N) is 1. The predicted octanol–water partition coefficient (Wildman–Crippen LogP) is 4.26. The van der Waals surface area contributed by atoms with Crippen LogP contribution in [-0.4, -0.2) is 20.5 Å². The molecule has 0 bridgehead atoms. The third kappa shape index (κ3) is 3.91. The summed E-state index contributed by atoms with van der Waals surface area (Å²) < 4.78 is 24.6. The SMILES string of the molecule is CC(C)C1NN(SC(F)(Cl)Cl)C(=O)N1c1ccc(F)cc1. The standard InChI is InChI=1S/C12H13Cl2F2N3OS/c1-7(2)10-17-19(21-12(13,14)16)11(20)18(10)9-5-3-8(15)4-6-9/h3-7,10,17H,1-2H3. The van der Waals surface area contributed by atoms with Crippen LogP contribution in [0.15, 0.2) is 24.3 Å². The highest BCUT2D eigenvalue weighted by atomic mass is 35.5. The Morgan fingerprint density at radius 3 is 2.38 bits per heavy atom. The van der Waals surface area contributed by atoms with Gasteiger partial charge >= 0.3 is 9.95 Å². The lowest BCUT2D eigenvalue weighted by molar-refractivity contribution is 0.235. The highest BCUT2D eigenvalue weighted by molar-refractivity contribution is 8.01. The van der Waals surface area contributed by atoms with E-state index in [0.29, 0.717) is 17.6 Å². The van der Waals surface area contributed by atoms with Gasteiger partial charge in [0, 0.05) is 17.6 Å². The van der Waals surface area contributed by atoms with Crippen LogP contribution in [0.5, 0.6) is 0 Å². The maximum atomic E-state index is 13.3. The van der Waals surface area contributed by atoms with Gasteiger partial charge in [0.25, 0.3) is 0 Å². The average molecular weight is 356 g/mol. The van der Waals surface area contributed by atoms with Crippen molar-refractivity contribution in [3.8, 4) is 0 Å². The van der Waals surface area contributed by atoms with Gasteiger partial charge in [-0.3, -0.25) is 4.90 Å². The molecule has 1 atom stereocenters. The number of carbonyl (C=O) groups excluding carboxylic acids is 1. The van der Waals surface area contributed by atoms with E-state index in [1.165, 1.54) is 29.2 Å². The molecule has 0 saturated carbocycles. The molecule has 0 radical (unpaired) electrons. The first kappa shape index (κ1) is 16.6. The number of hydrogen-bond acceptors (Lipinski definition) is 3. The molecular weight excluding hydrogens is 343 g/mol. The van der Waals surface area contributed by atoms with E-state index >= 15 is 0 Å². The molecule has 2 rings (SSSR count). The number of benzene rings is 1. The molecule has 1 saturated heterocycles. The number of anilines is 1. The summed E-state index contributed by atoms with van der Waals surface area (Å²) in [6.45, 7) is 3.78. The Morgan fingerprint density at radius 2 is 1.90 bits per heavy atom. The van der Waals surface area contributed by atoms with Crippen LogP contribution in [0.25, 0.3) is 0 Å². The summed E-state index contributed by atoms with van der Waals surface area (Å²) in [4.78, 5) is 13.8. The van der Waals surface area contributed by atoms with Crippen molar-refractivity contribution in [2.24, 2.45) is 5.92 Å². The lowest BCUT2D eigenvalue weighted by Gasteiger charge is -2.25. The zero-order chi connectivity index (χ0) is 15.8. The van der Waals surface area contributed by atoms with Crippen LogP contribution in [0.3, 0.4) is 0 Å². The van der Waals surface area contributed by atoms with Gasteiger partial charge in [-0.05, 0) is 30.2 Å². The molecule has 1 aliphatic heterocycles. The fourth-order valence-electron chi connectivity index (χ4n) is 1.94. The van der Waals surface area contributed by atoms with Crippen molar-refractivity contribution >= 4 is 46.9 Å². The summed E-state index contributed by atoms with van der Waals surface area (Å²) in [5.74, 6) is -0.390. The third-order valence-electron chi connectivity index (χ3n) is 2.84. The topological polar surface area (TPSA) is 35.6 Å². The average Bonchev–Trinajstić information content (AvgIpc) is 2.66. The van der Waals surface area contributed by atoms with Crippen molar-refractivity contribution < 1.29 is 13.6 Å². The minimum absolute atomic E-state index is 0.0178. The molecule has 21 heavy (non-hydrogen) atoms. The highest BCUT2D eigenvalue weighted by Gasteiger charge is 2.43. The lowest BCUT2D eigenvalue weighted by atomic mass is 10.1. The first-order chi connectivity index (χ1) is 9.69. The molecular formula is C12H13Cl2F2N3OS. The molecule has 4 nitrogen and oxygen atoms in total. The summed E-state index contributed by atoms with van der Waals surface area (Å²) in [5, 5.41) is 0. The number of amides is 2. The molecule has 1 heterocycles. The summed E-state index contributed by atoms with van der Waals surface area (Å²) >= 11 is 10.9. The van der Waals surface area contributed by atoms with Gasteiger partial charge in [-0.1, -0.05) is 37.0 Å². The highest BCUT2D eigenvalue weighted by Crippen LogP contribution is 2.40. The molecule has 1 N–H and O–H groups in total. The van der Waals surface area contributed by atoms with E-state index in [4.69, 9.17) is 23.2 Å². The molecule has 0 aliphatic carbocycles. The predicted molar refractivity (Wildman–Crippen MR) is 81.0 cm³/mol. The third-order valence-corrected chi connectivity index (χ3v) is 3.90. The number of carbonyl (C=O) groups is 1. The Bertz CT molecular complexity index is 524. The van der Waals surface area contributed by atoms with Gasteiger partial charge in [0.2, 0.25) is 0 Å². The molecule has 1 aromatic rings. The molecule has 9 heteroatoms. The summed E-state index contributed by atoms with van der Waals surface area (Å²) in [5.41, 5.74) is 3.32. The van der Waals surface area contributed by atoms with Gasteiger partial charge in [-0.25, -0.2) is 9.18 Å². The van der Waals surface area contributed by atoms with E-state index < -0.39 is 21.9 Å². The smallest absolute Gasteiger partial charge is 0.275 e. The van der Waals surface area contributed by atoms with E-state index in [1.54, 1.807) is 0 Å². The van der Waals surface area contributed by atoms with Gasteiger partial charge in [-0.2, -0.15) is 14.2 Å². The van der Waals surface area contributed by atoms with Crippen LogP contribution in [0.2, 0.25) is 0 Å². The maximum Gasteiger partial charge on any atom is 0.350 e. The van der Waals surface area contributed by atoms with E-state index in [1.807, 2.05) is 13.8 Å². The first-order valence-corrected chi connectivity index (χ1v) is 7.63. The number of hydrazine groups is 1. The Balaban J connectivity index is 2.29. The Kier molecular flexibility index (Phi) is 4.87. The van der Waals surface area contributed by atoms with Gasteiger partial charge in [-0.15, -0.1) is 0 Å². The van der Waals surface area contributed by atoms with E-state index in [2.05, 4.69) is 5.43 Å². The van der Waals surface area contributed by atoms with Crippen molar-refractivity contribution in [3.63, 3.8) is 0 Å². The monoisotopic (exact) mass is 355 g/mol. The van der Waals surface area contributed by atoms with Crippen molar-refractivity contribution in [3.05, 3.63) is 30.1 Å². The van der Waals surface area contributed by atoms with Crippen LogP contribution >= 0.6 is 35.1 Å². The summed E-state index contributed by atoms with van der Waals surface area (Å²) in [6.07, 6.45) is -0.425. The molecule has 1 aromatic carbocycles. The van der Waals surface area contributed by atoms with Crippen LogP contribution < -0.4 is 10.3 Å². The van der Waals surface area contributed by atoms with Crippen LogP contribution in [0, 0.1) is 11.7 Å². The molecule has 2 amide bonds. The summed E-state index contributed by atoms with van der Waals surface area (Å²) in [6, 6.07) is 4.91.